The molecule has 0 N–H and O–H groups in total. The summed E-state index contributed by atoms with van der Waals surface area (Å²) in [5, 5.41) is 10.0. The first-order valence-corrected chi connectivity index (χ1v) is 11.0. The molecule has 0 spiro atoms. The van der Waals surface area contributed by atoms with Gasteiger partial charge in [0.15, 0.2) is 0 Å². The van der Waals surface area contributed by atoms with E-state index >= 15 is 0 Å². The molecule has 0 aliphatic carbocycles. The number of benzene rings is 2. The van der Waals surface area contributed by atoms with Crippen LogP contribution in [-0.2, 0) is 9.59 Å². The average molecular weight is 427 g/mol. The molecule has 0 aromatic heterocycles. The maximum absolute atomic E-state index is 13.5. The van der Waals surface area contributed by atoms with Gasteiger partial charge < -0.3 is 4.90 Å². The Morgan fingerprint density at radius 2 is 1.53 bits per heavy atom. The summed E-state index contributed by atoms with van der Waals surface area (Å²) >= 11 is 0. The van der Waals surface area contributed by atoms with Gasteiger partial charge in [0.2, 0.25) is 11.6 Å². The monoisotopic (exact) mass is 426 g/mol. The first-order chi connectivity index (χ1) is 15.2. The summed E-state index contributed by atoms with van der Waals surface area (Å²) in [5.74, 6) is -0.901. The molecule has 3 rings (SSSR count). The van der Waals surface area contributed by atoms with Crippen LogP contribution < -0.4 is 0 Å². The van der Waals surface area contributed by atoms with Crippen LogP contribution in [0.3, 0.4) is 0 Å². The van der Waals surface area contributed by atoms with Gasteiger partial charge in [-0.2, -0.15) is 5.26 Å². The van der Waals surface area contributed by atoms with E-state index in [1.54, 1.807) is 0 Å². The van der Waals surface area contributed by atoms with Crippen LogP contribution in [-0.4, -0.2) is 29.6 Å². The molecule has 1 aliphatic rings. The van der Waals surface area contributed by atoms with Gasteiger partial charge in [0.1, 0.15) is 11.6 Å². The van der Waals surface area contributed by atoms with Crippen LogP contribution in [0.2, 0.25) is 0 Å². The fourth-order valence-corrected chi connectivity index (χ4v) is 4.08. The maximum atomic E-state index is 13.5. The van der Waals surface area contributed by atoms with Gasteiger partial charge >= 0.3 is 0 Å². The Kier molecular flexibility index (Phi) is 7.10. The van der Waals surface area contributed by atoms with Crippen molar-refractivity contribution in [2.75, 3.05) is 13.1 Å². The van der Waals surface area contributed by atoms with E-state index < -0.39 is 17.0 Å². The predicted octanol–water partition coefficient (Wildman–Crippen LogP) is 5.42. The zero-order valence-electron chi connectivity index (χ0n) is 19.3. The van der Waals surface area contributed by atoms with Crippen LogP contribution in [0.1, 0.15) is 45.2 Å². The van der Waals surface area contributed by atoms with Gasteiger partial charge in [-0.1, -0.05) is 88.4 Å². The van der Waals surface area contributed by atoms with Gasteiger partial charge in [0, 0.05) is 30.4 Å². The molecule has 1 heterocycles. The number of Topliss-reactive ketones (excluding diaryl/α,β-unsaturated/α-hetero) is 2. The normalized spacial score (nSPS) is 15.0. The molecule has 0 radical (unpaired) electrons. The highest BCUT2D eigenvalue weighted by molar-refractivity contribution is 6.51. The van der Waals surface area contributed by atoms with Crippen molar-refractivity contribution in [3.05, 3.63) is 89.1 Å². The minimum absolute atomic E-state index is 0.120. The van der Waals surface area contributed by atoms with Crippen LogP contribution in [0.15, 0.2) is 78.0 Å². The topological polar surface area (TPSA) is 61.2 Å². The minimum Gasteiger partial charge on any atom is -0.377 e. The lowest BCUT2D eigenvalue weighted by Crippen LogP contribution is -2.38. The van der Waals surface area contributed by atoms with Crippen molar-refractivity contribution < 1.29 is 9.59 Å². The first kappa shape index (κ1) is 23.2. The van der Waals surface area contributed by atoms with Crippen molar-refractivity contribution in [1.29, 1.82) is 5.26 Å². The molecule has 4 nitrogen and oxygen atoms in total. The summed E-state index contributed by atoms with van der Waals surface area (Å²) in [4.78, 5) is 29.1. The zero-order valence-corrected chi connectivity index (χ0v) is 19.3. The van der Waals surface area contributed by atoms with Crippen molar-refractivity contribution in [3.63, 3.8) is 0 Å². The molecule has 0 bridgehead atoms. The molecule has 32 heavy (non-hydrogen) atoms. The van der Waals surface area contributed by atoms with Crippen LogP contribution in [0, 0.1) is 22.7 Å². The Morgan fingerprint density at radius 1 is 1.00 bits per heavy atom. The third-order valence-electron chi connectivity index (χ3n) is 5.83. The molecule has 0 saturated carbocycles. The third kappa shape index (κ3) is 5.06. The van der Waals surface area contributed by atoms with Gasteiger partial charge in [0.05, 0.1) is 0 Å². The molecule has 0 atom stereocenters. The summed E-state index contributed by atoms with van der Waals surface area (Å²) < 4.78 is 0. The highest BCUT2D eigenvalue weighted by atomic mass is 16.2. The number of carbonyl (C=O) groups excluding carboxylic acids is 2. The Labute approximate surface area is 190 Å². The van der Waals surface area contributed by atoms with Crippen LogP contribution in [0.4, 0.5) is 0 Å². The van der Waals surface area contributed by atoms with E-state index in [9.17, 15) is 14.9 Å². The van der Waals surface area contributed by atoms with Crippen molar-refractivity contribution in [1.82, 2.24) is 4.90 Å². The predicted molar refractivity (Wildman–Crippen MR) is 127 cm³/mol. The second-order valence-electron chi connectivity index (χ2n) is 9.32. The Morgan fingerprint density at radius 3 is 2.00 bits per heavy atom. The average Bonchev–Trinajstić information content (AvgIpc) is 2.78. The molecular weight excluding hydrogens is 396 g/mol. The van der Waals surface area contributed by atoms with Crippen LogP contribution >= 0.6 is 0 Å². The number of allylic oxidation sites excluding steroid dienone is 2. The van der Waals surface area contributed by atoms with Gasteiger partial charge in [-0.05, 0) is 28.9 Å². The number of carbonyl (C=O) groups is 2. The van der Waals surface area contributed by atoms with Crippen molar-refractivity contribution in [2.24, 2.45) is 11.3 Å². The molecule has 2 aromatic rings. The lowest BCUT2D eigenvalue weighted by molar-refractivity contribution is -0.132. The van der Waals surface area contributed by atoms with Crippen LogP contribution in [0.25, 0.3) is 5.57 Å². The van der Waals surface area contributed by atoms with E-state index in [1.165, 1.54) is 0 Å². The smallest absolute Gasteiger partial charge is 0.244 e. The van der Waals surface area contributed by atoms with E-state index in [2.05, 4.69) is 24.8 Å². The summed E-state index contributed by atoms with van der Waals surface area (Å²) in [6, 6.07) is 20.7. The van der Waals surface area contributed by atoms with Crippen molar-refractivity contribution in [2.45, 2.75) is 34.1 Å². The van der Waals surface area contributed by atoms with E-state index in [0.717, 1.165) is 30.6 Å². The number of hydrogen-bond donors (Lipinski definition) is 0. The van der Waals surface area contributed by atoms with Gasteiger partial charge in [-0.15, -0.1) is 0 Å². The van der Waals surface area contributed by atoms with Crippen molar-refractivity contribution >= 4 is 17.1 Å². The Bertz CT molecular complexity index is 1050. The molecule has 0 amide bonds. The molecule has 0 fully saturated rings. The van der Waals surface area contributed by atoms with Gasteiger partial charge in [0.25, 0.3) is 0 Å². The molecular formula is C28H30N2O2. The Balaban J connectivity index is 2.11. The molecule has 0 saturated heterocycles. The molecule has 0 unspecified atom stereocenters. The lowest BCUT2D eigenvalue weighted by atomic mass is 9.75. The summed E-state index contributed by atoms with van der Waals surface area (Å²) in [6.45, 7) is 9.90. The minimum atomic E-state index is -0.749. The maximum Gasteiger partial charge on any atom is 0.244 e. The largest absolute Gasteiger partial charge is 0.377 e. The Hall–Kier alpha value is -3.45. The number of hydrogen-bond acceptors (Lipinski definition) is 4. The van der Waals surface area contributed by atoms with Crippen molar-refractivity contribution in [3.8, 4) is 6.07 Å². The first-order valence-electron chi connectivity index (χ1n) is 11.0. The van der Waals surface area contributed by atoms with E-state index in [0.29, 0.717) is 17.1 Å². The second kappa shape index (κ2) is 9.78. The molecule has 164 valence electrons. The standard InChI is InChI=1S/C28H30N2O2/c1-20(2)18-30-16-15-28(3,4)24(19-30)27(32)26(31)23(17-29)25(21-11-7-5-8-12-21)22-13-9-6-10-14-22/h5-14,19-20H,15-16,18H2,1-4H3. The molecule has 4 heteroatoms. The number of nitriles is 1. The van der Waals surface area contributed by atoms with E-state index in [-0.39, 0.29) is 5.57 Å². The quantitative estimate of drug-likeness (QED) is 0.337. The highest BCUT2D eigenvalue weighted by Crippen LogP contribution is 2.36. The zero-order chi connectivity index (χ0) is 23.3. The van der Waals surface area contributed by atoms with Crippen LogP contribution in [0.5, 0.6) is 0 Å². The molecule has 2 aromatic carbocycles. The third-order valence-corrected chi connectivity index (χ3v) is 5.83. The summed E-state index contributed by atoms with van der Waals surface area (Å²) in [5.41, 5.74) is 1.87. The number of ketones is 2. The van der Waals surface area contributed by atoms with E-state index in [4.69, 9.17) is 0 Å². The van der Waals surface area contributed by atoms with Gasteiger partial charge in [-0.3, -0.25) is 9.59 Å². The summed E-state index contributed by atoms with van der Waals surface area (Å²) in [6.07, 6.45) is 2.61. The highest BCUT2D eigenvalue weighted by Gasteiger charge is 2.37. The second-order valence-corrected chi connectivity index (χ2v) is 9.32. The number of rotatable bonds is 7. The van der Waals surface area contributed by atoms with E-state index in [1.807, 2.05) is 80.7 Å². The summed E-state index contributed by atoms with van der Waals surface area (Å²) in [7, 11) is 0. The lowest BCUT2D eigenvalue weighted by Gasteiger charge is -2.37. The fraction of sp³-hybridized carbons (Fsp3) is 0.321. The van der Waals surface area contributed by atoms with Gasteiger partial charge in [-0.25, -0.2) is 0 Å². The SMILES string of the molecule is CC(C)CN1C=C(C(=O)C(=O)C(C#N)=C(c2ccccc2)c2ccccc2)C(C)(C)CC1. The molecule has 1 aliphatic heterocycles. The fourth-order valence-electron chi connectivity index (χ4n) is 4.08. The number of nitrogens with zero attached hydrogens (tertiary/aromatic N) is 2.